The quantitative estimate of drug-likeness (QED) is 0.687. The van der Waals surface area contributed by atoms with Crippen molar-refractivity contribution in [3.63, 3.8) is 0 Å². The number of aryl methyl sites for hydroxylation is 1. The number of carbonyl (C=O) groups is 2. The van der Waals surface area contributed by atoms with Crippen molar-refractivity contribution in [2.24, 2.45) is 11.8 Å². The maximum atomic E-state index is 12.5. The summed E-state index contributed by atoms with van der Waals surface area (Å²) in [5, 5.41) is 11.5. The molecular formula is C23H29N5O3. The van der Waals surface area contributed by atoms with Crippen LogP contribution < -0.4 is 5.32 Å². The third kappa shape index (κ3) is 5.00. The molecule has 3 heterocycles. The highest BCUT2D eigenvalue weighted by Gasteiger charge is 2.34. The molecule has 1 atom stereocenters. The predicted molar refractivity (Wildman–Crippen MR) is 115 cm³/mol. The molecule has 8 heteroatoms. The first-order valence-electron chi connectivity index (χ1n) is 11.0. The highest BCUT2D eigenvalue weighted by atomic mass is 16.4. The first-order chi connectivity index (χ1) is 15.0. The molecule has 0 aromatic carbocycles. The number of nitrogens with zero attached hydrogens (tertiary/aromatic N) is 4. The predicted octanol–water partition coefficient (Wildman–Crippen LogP) is 2.86. The van der Waals surface area contributed by atoms with Crippen LogP contribution in [-0.4, -0.2) is 51.5 Å². The molecule has 0 radical (unpaired) electrons. The lowest BCUT2D eigenvalue weighted by Gasteiger charge is -2.27. The first kappa shape index (κ1) is 21.2. The van der Waals surface area contributed by atoms with Crippen LogP contribution in [0.25, 0.3) is 11.5 Å². The minimum atomic E-state index is -0.253. The van der Waals surface area contributed by atoms with Gasteiger partial charge < -0.3 is 14.6 Å². The summed E-state index contributed by atoms with van der Waals surface area (Å²) in [6.07, 6.45) is 7.67. The fourth-order valence-electron chi connectivity index (χ4n) is 4.39. The van der Waals surface area contributed by atoms with Crippen molar-refractivity contribution < 1.29 is 14.0 Å². The molecule has 2 amide bonds. The monoisotopic (exact) mass is 423 g/mol. The van der Waals surface area contributed by atoms with Gasteiger partial charge in [0.2, 0.25) is 23.6 Å². The van der Waals surface area contributed by atoms with Crippen LogP contribution in [0.3, 0.4) is 0 Å². The van der Waals surface area contributed by atoms with Crippen LogP contribution in [0, 0.1) is 18.8 Å². The third-order valence-corrected chi connectivity index (χ3v) is 6.29. The van der Waals surface area contributed by atoms with E-state index in [0.29, 0.717) is 43.8 Å². The third-order valence-electron chi connectivity index (χ3n) is 6.29. The molecule has 4 rings (SSSR count). The van der Waals surface area contributed by atoms with Gasteiger partial charge in [-0.05, 0) is 50.7 Å². The number of nitrogens with one attached hydrogen (secondary N) is 1. The molecule has 1 aliphatic heterocycles. The molecular weight excluding hydrogens is 394 g/mol. The number of carbonyl (C=O) groups excluding carboxylic acids is 2. The largest absolute Gasteiger partial charge is 0.420 e. The summed E-state index contributed by atoms with van der Waals surface area (Å²) in [5.74, 6) is 1.64. The van der Waals surface area contributed by atoms with Crippen molar-refractivity contribution in [1.29, 1.82) is 0 Å². The number of aromatic nitrogens is 3. The lowest BCUT2D eigenvalue weighted by Crippen LogP contribution is -2.36. The van der Waals surface area contributed by atoms with Crippen LogP contribution in [-0.2, 0) is 9.59 Å². The van der Waals surface area contributed by atoms with Crippen LogP contribution >= 0.6 is 0 Å². The molecule has 0 bridgehead atoms. The van der Waals surface area contributed by atoms with E-state index in [1.165, 1.54) is 0 Å². The summed E-state index contributed by atoms with van der Waals surface area (Å²) in [4.78, 5) is 30.4. The normalized spacial score (nSPS) is 23.7. The van der Waals surface area contributed by atoms with Gasteiger partial charge in [0, 0.05) is 43.9 Å². The fraction of sp³-hybridized carbons (Fsp3) is 0.522. The molecule has 2 aromatic rings. The Morgan fingerprint density at radius 2 is 2.10 bits per heavy atom. The van der Waals surface area contributed by atoms with E-state index in [4.69, 9.17) is 4.42 Å². The lowest BCUT2D eigenvalue weighted by atomic mass is 9.82. The highest BCUT2D eigenvalue weighted by Crippen LogP contribution is 2.35. The minimum Gasteiger partial charge on any atom is -0.420 e. The number of rotatable bonds is 7. The van der Waals surface area contributed by atoms with Crippen LogP contribution in [0.4, 0.5) is 0 Å². The van der Waals surface area contributed by atoms with Gasteiger partial charge in [0.25, 0.3) is 0 Å². The van der Waals surface area contributed by atoms with E-state index >= 15 is 0 Å². The number of hydrogen-bond acceptors (Lipinski definition) is 6. The van der Waals surface area contributed by atoms with Gasteiger partial charge >= 0.3 is 0 Å². The second-order valence-electron chi connectivity index (χ2n) is 8.58. The summed E-state index contributed by atoms with van der Waals surface area (Å²) in [6.45, 7) is 7.25. The number of pyridine rings is 1. The topological polar surface area (TPSA) is 101 Å². The van der Waals surface area contributed by atoms with E-state index in [9.17, 15) is 9.59 Å². The summed E-state index contributed by atoms with van der Waals surface area (Å²) >= 11 is 0. The van der Waals surface area contributed by atoms with Crippen molar-refractivity contribution in [2.75, 3.05) is 19.6 Å². The Morgan fingerprint density at radius 3 is 2.81 bits per heavy atom. The van der Waals surface area contributed by atoms with E-state index in [0.717, 1.165) is 36.9 Å². The van der Waals surface area contributed by atoms with Gasteiger partial charge in [-0.2, -0.15) is 0 Å². The van der Waals surface area contributed by atoms with Crippen molar-refractivity contribution >= 4 is 11.8 Å². The van der Waals surface area contributed by atoms with E-state index in [2.05, 4.69) is 27.1 Å². The van der Waals surface area contributed by atoms with Gasteiger partial charge in [-0.25, -0.2) is 0 Å². The van der Waals surface area contributed by atoms with Crippen molar-refractivity contribution in [3.8, 4) is 11.5 Å². The van der Waals surface area contributed by atoms with Crippen molar-refractivity contribution in [1.82, 2.24) is 25.4 Å². The average molecular weight is 424 g/mol. The van der Waals surface area contributed by atoms with E-state index in [-0.39, 0.29) is 23.7 Å². The Balaban J connectivity index is 1.23. The Morgan fingerprint density at radius 1 is 1.29 bits per heavy atom. The fourth-order valence-corrected chi connectivity index (χ4v) is 4.39. The van der Waals surface area contributed by atoms with E-state index < -0.39 is 0 Å². The molecule has 31 heavy (non-hydrogen) atoms. The zero-order valence-corrected chi connectivity index (χ0v) is 17.9. The Hall–Kier alpha value is -3.03. The molecule has 2 aromatic heterocycles. The average Bonchev–Trinajstić information content (AvgIpc) is 3.41. The summed E-state index contributed by atoms with van der Waals surface area (Å²) in [7, 11) is 0. The Labute approximate surface area is 182 Å². The summed E-state index contributed by atoms with van der Waals surface area (Å²) in [6, 6.07) is 3.87. The van der Waals surface area contributed by atoms with Gasteiger partial charge in [0.1, 0.15) is 0 Å². The standard InChI is InChI=1S/C23H29N5O3/c1-3-10-28-14-19(11-20(28)29)21(30)25-12-16-5-8-17(9-6-16)22-26-27-23(31-22)18-7-4-15(2)24-13-18/h3-4,7,13,16-17,19H,1,5-6,8-12,14H2,2H3,(H,25,30)/t16?,17?,19-/m1/s1. The van der Waals surface area contributed by atoms with Gasteiger partial charge in [0.15, 0.2) is 0 Å². The number of likely N-dealkylation sites (tertiary alicyclic amines) is 1. The highest BCUT2D eigenvalue weighted by molar-refractivity contribution is 5.89. The zero-order valence-electron chi connectivity index (χ0n) is 17.9. The van der Waals surface area contributed by atoms with Gasteiger partial charge in [-0.15, -0.1) is 16.8 Å². The van der Waals surface area contributed by atoms with Crippen LogP contribution in [0.1, 0.15) is 49.6 Å². The smallest absolute Gasteiger partial charge is 0.249 e. The SMILES string of the molecule is C=CCN1C[C@H](C(=O)NCC2CCC(c3nnc(-c4ccc(C)nc4)o3)CC2)CC1=O. The number of amides is 2. The molecule has 2 aliphatic rings. The van der Waals surface area contributed by atoms with Crippen LogP contribution in [0.2, 0.25) is 0 Å². The first-order valence-corrected chi connectivity index (χ1v) is 11.0. The molecule has 1 saturated heterocycles. The zero-order chi connectivity index (χ0) is 21.8. The van der Waals surface area contributed by atoms with Crippen LogP contribution in [0.15, 0.2) is 35.4 Å². The molecule has 0 spiro atoms. The molecule has 8 nitrogen and oxygen atoms in total. The molecule has 1 N–H and O–H groups in total. The maximum absolute atomic E-state index is 12.5. The number of hydrogen-bond donors (Lipinski definition) is 1. The summed E-state index contributed by atoms with van der Waals surface area (Å²) in [5.41, 5.74) is 1.78. The molecule has 0 unspecified atom stereocenters. The minimum absolute atomic E-state index is 0.0183. The molecule has 164 valence electrons. The molecule has 1 saturated carbocycles. The second-order valence-corrected chi connectivity index (χ2v) is 8.58. The van der Waals surface area contributed by atoms with Gasteiger partial charge in [0.05, 0.1) is 11.5 Å². The molecule has 2 fully saturated rings. The van der Waals surface area contributed by atoms with E-state index in [1.54, 1.807) is 17.2 Å². The van der Waals surface area contributed by atoms with Crippen molar-refractivity contribution in [3.05, 3.63) is 42.6 Å². The Kier molecular flexibility index (Phi) is 6.44. The van der Waals surface area contributed by atoms with Gasteiger partial charge in [-0.1, -0.05) is 6.08 Å². The van der Waals surface area contributed by atoms with Crippen molar-refractivity contribution in [2.45, 2.75) is 44.9 Å². The maximum Gasteiger partial charge on any atom is 0.249 e. The lowest BCUT2D eigenvalue weighted by molar-refractivity contribution is -0.128. The second kappa shape index (κ2) is 9.41. The van der Waals surface area contributed by atoms with Gasteiger partial charge in [-0.3, -0.25) is 14.6 Å². The summed E-state index contributed by atoms with van der Waals surface area (Å²) < 4.78 is 5.91. The van der Waals surface area contributed by atoms with E-state index in [1.807, 2.05) is 19.1 Å². The Bertz CT molecular complexity index is 931. The molecule has 1 aliphatic carbocycles. The van der Waals surface area contributed by atoms with Crippen LogP contribution in [0.5, 0.6) is 0 Å².